The van der Waals surface area contributed by atoms with Gasteiger partial charge in [0.25, 0.3) is 5.91 Å². The molecule has 0 atom stereocenters. The molecule has 0 unspecified atom stereocenters. The molecule has 1 aromatic heterocycles. The first-order chi connectivity index (χ1) is 11.0. The van der Waals surface area contributed by atoms with Gasteiger partial charge in [-0.25, -0.2) is 0 Å². The number of para-hydroxylation sites is 1. The minimum atomic E-state index is -0.461. The fourth-order valence-corrected chi connectivity index (χ4v) is 2.82. The van der Waals surface area contributed by atoms with Crippen LogP contribution in [0.25, 0.3) is 0 Å². The van der Waals surface area contributed by atoms with Crippen molar-refractivity contribution in [2.45, 2.75) is 26.8 Å². The Hall–Kier alpha value is -2.63. The summed E-state index contributed by atoms with van der Waals surface area (Å²) in [6, 6.07) is 9.68. The number of amides is 1. The summed E-state index contributed by atoms with van der Waals surface area (Å²) < 4.78 is 6.69. The summed E-state index contributed by atoms with van der Waals surface area (Å²) in [5.74, 6) is -0.659. The van der Waals surface area contributed by atoms with Crippen molar-refractivity contribution in [1.29, 1.82) is 0 Å². The van der Waals surface area contributed by atoms with E-state index in [4.69, 9.17) is 4.74 Å². The van der Waals surface area contributed by atoms with Gasteiger partial charge in [0.15, 0.2) is 6.61 Å². The topological polar surface area (TPSA) is 64.4 Å². The monoisotopic (exact) mass is 313 g/mol. The van der Waals surface area contributed by atoms with Crippen LogP contribution in [0.1, 0.15) is 17.0 Å². The molecule has 2 heterocycles. The Bertz CT molecular complexity index is 751. The van der Waals surface area contributed by atoms with Gasteiger partial charge in [0, 0.05) is 17.9 Å². The predicted octanol–water partition coefficient (Wildman–Crippen LogP) is 1.63. The van der Waals surface area contributed by atoms with Gasteiger partial charge >= 0.3 is 5.97 Å². The summed E-state index contributed by atoms with van der Waals surface area (Å²) in [6.07, 6.45) is 0.835. The molecule has 1 aliphatic rings. The molecular weight excluding hydrogens is 294 g/mol. The molecular formula is C17H19N3O3. The molecule has 0 saturated carbocycles. The van der Waals surface area contributed by atoms with Crippen molar-refractivity contribution in [2.24, 2.45) is 0 Å². The van der Waals surface area contributed by atoms with E-state index >= 15 is 0 Å². The first-order valence-corrected chi connectivity index (χ1v) is 7.59. The number of aromatic nitrogens is 2. The molecule has 0 bridgehead atoms. The first-order valence-electron chi connectivity index (χ1n) is 7.59. The van der Waals surface area contributed by atoms with Crippen LogP contribution in [0.4, 0.5) is 5.69 Å². The number of carbonyl (C=O) groups is 2. The Morgan fingerprint density at radius 3 is 2.78 bits per heavy atom. The minimum Gasteiger partial charge on any atom is -0.454 e. The van der Waals surface area contributed by atoms with Gasteiger partial charge in [-0.1, -0.05) is 18.2 Å². The van der Waals surface area contributed by atoms with Crippen molar-refractivity contribution in [3.63, 3.8) is 0 Å². The molecule has 120 valence electrons. The van der Waals surface area contributed by atoms with Crippen LogP contribution in [0, 0.1) is 13.8 Å². The van der Waals surface area contributed by atoms with E-state index in [2.05, 4.69) is 5.10 Å². The number of rotatable bonds is 4. The van der Waals surface area contributed by atoms with Crippen molar-refractivity contribution in [2.75, 3.05) is 18.1 Å². The van der Waals surface area contributed by atoms with E-state index in [1.54, 1.807) is 9.58 Å². The molecule has 0 fully saturated rings. The standard InChI is InChI=1S/C17H19N3O3/c1-12-9-13(2)20(18-12)10-17(22)23-11-16(21)19-8-7-14-5-3-4-6-15(14)19/h3-6,9H,7-8,10-11H2,1-2H3. The quantitative estimate of drug-likeness (QED) is 0.805. The average molecular weight is 313 g/mol. The molecule has 0 N–H and O–H groups in total. The van der Waals surface area contributed by atoms with E-state index in [-0.39, 0.29) is 19.1 Å². The van der Waals surface area contributed by atoms with Gasteiger partial charge in [0.05, 0.1) is 5.69 Å². The molecule has 6 heteroatoms. The number of carbonyl (C=O) groups excluding carboxylic acids is 2. The molecule has 0 spiro atoms. The number of fused-ring (bicyclic) bond motifs is 1. The van der Waals surface area contributed by atoms with Crippen LogP contribution in [-0.2, 0) is 27.3 Å². The number of aryl methyl sites for hydroxylation is 2. The van der Waals surface area contributed by atoms with Crippen LogP contribution in [0.15, 0.2) is 30.3 Å². The normalized spacial score (nSPS) is 13.0. The Morgan fingerprint density at radius 2 is 2.04 bits per heavy atom. The lowest BCUT2D eigenvalue weighted by atomic mass is 10.2. The zero-order chi connectivity index (χ0) is 16.4. The van der Waals surface area contributed by atoms with Gasteiger partial charge in [0.2, 0.25) is 0 Å². The van der Waals surface area contributed by atoms with Gasteiger partial charge in [-0.15, -0.1) is 0 Å². The second-order valence-corrected chi connectivity index (χ2v) is 5.67. The van der Waals surface area contributed by atoms with Crippen LogP contribution in [-0.4, -0.2) is 34.8 Å². The molecule has 2 aromatic rings. The van der Waals surface area contributed by atoms with Crippen molar-refractivity contribution in [3.8, 4) is 0 Å². The van der Waals surface area contributed by atoms with Crippen molar-refractivity contribution in [3.05, 3.63) is 47.3 Å². The van der Waals surface area contributed by atoms with Gasteiger partial charge in [-0.3, -0.25) is 14.3 Å². The maximum atomic E-state index is 12.3. The van der Waals surface area contributed by atoms with E-state index < -0.39 is 5.97 Å². The molecule has 0 aliphatic carbocycles. The van der Waals surface area contributed by atoms with Crippen molar-refractivity contribution >= 4 is 17.6 Å². The van der Waals surface area contributed by atoms with Gasteiger partial charge in [-0.2, -0.15) is 5.10 Å². The van der Waals surface area contributed by atoms with Crippen LogP contribution in [0.3, 0.4) is 0 Å². The lowest BCUT2D eigenvalue weighted by Gasteiger charge is -2.17. The Morgan fingerprint density at radius 1 is 1.26 bits per heavy atom. The Labute approximate surface area is 134 Å². The number of nitrogens with zero attached hydrogens (tertiary/aromatic N) is 3. The Kier molecular flexibility index (Phi) is 4.14. The summed E-state index contributed by atoms with van der Waals surface area (Å²) in [6.45, 7) is 4.14. The summed E-state index contributed by atoms with van der Waals surface area (Å²) in [5, 5.41) is 4.20. The average Bonchev–Trinajstić information content (AvgIpc) is 3.08. The second kappa shape index (κ2) is 6.24. The molecule has 0 saturated heterocycles. The SMILES string of the molecule is Cc1cc(C)n(CC(=O)OCC(=O)N2CCc3ccccc32)n1. The zero-order valence-corrected chi connectivity index (χ0v) is 13.3. The number of anilines is 1. The highest BCUT2D eigenvalue weighted by Crippen LogP contribution is 2.27. The molecule has 0 radical (unpaired) electrons. The number of hydrogen-bond donors (Lipinski definition) is 0. The molecule has 6 nitrogen and oxygen atoms in total. The molecule has 3 rings (SSSR count). The summed E-state index contributed by atoms with van der Waals surface area (Å²) in [5.41, 5.74) is 3.79. The third-order valence-corrected chi connectivity index (χ3v) is 3.93. The van der Waals surface area contributed by atoms with Crippen LogP contribution >= 0.6 is 0 Å². The van der Waals surface area contributed by atoms with Gasteiger partial charge in [-0.05, 0) is 38.0 Å². The number of benzene rings is 1. The predicted molar refractivity (Wildman–Crippen MR) is 85.2 cm³/mol. The fraction of sp³-hybridized carbons (Fsp3) is 0.353. The highest BCUT2D eigenvalue weighted by Gasteiger charge is 2.24. The van der Waals surface area contributed by atoms with E-state index in [1.807, 2.05) is 44.2 Å². The highest BCUT2D eigenvalue weighted by atomic mass is 16.5. The van der Waals surface area contributed by atoms with E-state index in [1.165, 1.54) is 0 Å². The van der Waals surface area contributed by atoms with E-state index in [0.29, 0.717) is 6.54 Å². The molecule has 1 aromatic carbocycles. The minimum absolute atomic E-state index is 0.0174. The van der Waals surface area contributed by atoms with E-state index in [0.717, 1.165) is 29.1 Å². The fourth-order valence-electron chi connectivity index (χ4n) is 2.82. The zero-order valence-electron chi connectivity index (χ0n) is 13.3. The third-order valence-electron chi connectivity index (χ3n) is 3.93. The van der Waals surface area contributed by atoms with Crippen LogP contribution in [0.5, 0.6) is 0 Å². The maximum Gasteiger partial charge on any atom is 0.328 e. The van der Waals surface area contributed by atoms with Gasteiger partial charge < -0.3 is 9.64 Å². The summed E-state index contributed by atoms with van der Waals surface area (Å²) in [7, 11) is 0. The van der Waals surface area contributed by atoms with E-state index in [9.17, 15) is 9.59 Å². The maximum absolute atomic E-state index is 12.3. The highest BCUT2D eigenvalue weighted by molar-refractivity contribution is 5.97. The lowest BCUT2D eigenvalue weighted by Crippen LogP contribution is -2.33. The molecule has 1 amide bonds. The number of esters is 1. The molecule has 23 heavy (non-hydrogen) atoms. The van der Waals surface area contributed by atoms with Crippen LogP contribution in [0.2, 0.25) is 0 Å². The summed E-state index contributed by atoms with van der Waals surface area (Å²) in [4.78, 5) is 25.8. The van der Waals surface area contributed by atoms with Crippen molar-refractivity contribution < 1.29 is 14.3 Å². The molecule has 1 aliphatic heterocycles. The smallest absolute Gasteiger partial charge is 0.328 e. The lowest BCUT2D eigenvalue weighted by molar-refractivity contribution is -0.148. The van der Waals surface area contributed by atoms with Crippen LogP contribution < -0.4 is 4.90 Å². The van der Waals surface area contributed by atoms with Gasteiger partial charge in [0.1, 0.15) is 6.54 Å². The number of ether oxygens (including phenoxy) is 1. The Balaban J connectivity index is 1.55. The number of hydrogen-bond acceptors (Lipinski definition) is 4. The van der Waals surface area contributed by atoms with Crippen molar-refractivity contribution in [1.82, 2.24) is 9.78 Å². The largest absolute Gasteiger partial charge is 0.454 e. The first kappa shape index (κ1) is 15.3. The second-order valence-electron chi connectivity index (χ2n) is 5.67. The summed E-state index contributed by atoms with van der Waals surface area (Å²) >= 11 is 0. The third kappa shape index (κ3) is 3.26.